The largest absolute Gasteiger partial charge is 0.254 e. The summed E-state index contributed by atoms with van der Waals surface area (Å²) in [5, 5.41) is 0. The van der Waals surface area contributed by atoms with E-state index >= 15 is 0 Å². The fourth-order valence-corrected chi connectivity index (χ4v) is 12.0. The maximum atomic E-state index is 5.27. The third-order valence-electron chi connectivity index (χ3n) is 17.5. The molecule has 2 aromatic carbocycles. The summed E-state index contributed by atoms with van der Waals surface area (Å²) in [6.07, 6.45) is 95.2. The lowest BCUT2D eigenvalue weighted by molar-refractivity contribution is 0.519. The van der Waals surface area contributed by atoms with Crippen LogP contribution in [0.5, 0.6) is 0 Å². The summed E-state index contributed by atoms with van der Waals surface area (Å²) in [6.45, 7) is 6.91. The molecule has 0 aliphatic carbocycles. The average molecular weight is 1130 g/mol. The van der Waals surface area contributed by atoms with E-state index in [4.69, 9.17) is 9.98 Å². The van der Waals surface area contributed by atoms with Crippen molar-refractivity contribution in [2.75, 3.05) is 0 Å². The van der Waals surface area contributed by atoms with Crippen molar-refractivity contribution in [3.05, 3.63) is 96.1 Å². The van der Waals surface area contributed by atoms with Gasteiger partial charge in [0.15, 0.2) is 0 Å². The van der Waals surface area contributed by atoms with E-state index in [1.165, 1.54) is 332 Å². The van der Waals surface area contributed by atoms with Gasteiger partial charge in [0, 0.05) is 0 Å². The first kappa shape index (κ1) is 75.1. The van der Waals surface area contributed by atoms with Gasteiger partial charge in [0.05, 0.1) is 23.3 Å². The predicted octanol–water partition coefficient (Wildman–Crippen LogP) is 28.4. The third-order valence-corrected chi connectivity index (χ3v) is 17.5. The summed E-state index contributed by atoms with van der Waals surface area (Å²) in [6, 6.07) is 17.5. The summed E-state index contributed by atoms with van der Waals surface area (Å²) in [5.74, 6) is 0. The lowest BCUT2D eigenvalue weighted by atomic mass is 10.0. The highest BCUT2D eigenvalue weighted by molar-refractivity contribution is 6.36. The highest BCUT2D eigenvalue weighted by Crippen LogP contribution is 2.25. The van der Waals surface area contributed by atoms with Crippen molar-refractivity contribution < 1.29 is 0 Å². The molecule has 0 N–H and O–H groups in total. The van der Waals surface area contributed by atoms with Crippen LogP contribution in [-0.4, -0.2) is 11.9 Å². The highest BCUT2D eigenvalue weighted by atomic mass is 14.8. The molecular weight excluding hydrogens is 989 g/mol. The van der Waals surface area contributed by atoms with E-state index in [0.29, 0.717) is 0 Å². The van der Waals surface area contributed by atoms with Crippen LogP contribution >= 0.6 is 0 Å². The highest BCUT2D eigenvalue weighted by Gasteiger charge is 2.05. The SMILES string of the molecule is CCCCCCC=CC(C=Nc1ccccc1CCCC=CCCCCCCCCCCCCCCCCCCCCCCCC)=Nc1ccccc1CCCC=CCCCCCCCCCCCCCCCCCCCCCCCC. The molecule has 0 aliphatic heterocycles. The molecule has 0 saturated heterocycles. The molecule has 2 nitrogen and oxygen atoms in total. The van der Waals surface area contributed by atoms with Crippen molar-refractivity contribution in [2.45, 2.75) is 387 Å². The number of hydrogen-bond acceptors (Lipinski definition) is 2. The van der Waals surface area contributed by atoms with Crippen LogP contribution in [0.25, 0.3) is 0 Å². The van der Waals surface area contributed by atoms with Crippen LogP contribution in [-0.2, 0) is 12.8 Å². The summed E-state index contributed by atoms with van der Waals surface area (Å²) in [4.78, 5) is 10.4. The van der Waals surface area contributed by atoms with Crippen LogP contribution in [0.3, 0.4) is 0 Å². The van der Waals surface area contributed by atoms with Crippen molar-refractivity contribution in [3.63, 3.8) is 0 Å². The normalized spacial score (nSPS) is 12.3. The molecule has 0 radical (unpaired) electrons. The number of para-hydroxylation sites is 2. The van der Waals surface area contributed by atoms with E-state index < -0.39 is 0 Å². The van der Waals surface area contributed by atoms with Crippen molar-refractivity contribution in [2.24, 2.45) is 9.98 Å². The number of nitrogens with zero attached hydrogens (tertiary/aromatic N) is 2. The first-order chi connectivity index (χ1) is 40.8. The fraction of sp³-hybridized carbons (Fsp3) is 0.750. The molecule has 0 aromatic heterocycles. The Balaban J connectivity index is 1.59. The van der Waals surface area contributed by atoms with Gasteiger partial charge in [0.25, 0.3) is 0 Å². The number of hydrogen-bond donors (Lipinski definition) is 0. The summed E-state index contributed by atoms with van der Waals surface area (Å²) < 4.78 is 0. The van der Waals surface area contributed by atoms with Gasteiger partial charge in [0.1, 0.15) is 0 Å². The van der Waals surface area contributed by atoms with Gasteiger partial charge < -0.3 is 0 Å². The number of benzene rings is 2. The Bertz CT molecular complexity index is 1760. The zero-order valence-electron chi connectivity index (χ0n) is 55.4. The smallest absolute Gasteiger partial charge is 0.0816 e. The molecule has 0 atom stereocenters. The minimum Gasteiger partial charge on any atom is -0.254 e. The van der Waals surface area contributed by atoms with E-state index in [-0.39, 0.29) is 0 Å². The Morgan fingerprint density at radius 1 is 0.268 bits per heavy atom. The van der Waals surface area contributed by atoms with Crippen molar-refractivity contribution >= 4 is 23.3 Å². The van der Waals surface area contributed by atoms with Gasteiger partial charge in [-0.15, -0.1) is 0 Å². The maximum absolute atomic E-state index is 5.27. The zero-order valence-corrected chi connectivity index (χ0v) is 55.4. The topological polar surface area (TPSA) is 24.7 Å². The van der Waals surface area contributed by atoms with Crippen LogP contribution in [0.4, 0.5) is 11.4 Å². The second-order valence-corrected chi connectivity index (χ2v) is 25.5. The number of aryl methyl sites for hydroxylation is 2. The van der Waals surface area contributed by atoms with Crippen LogP contribution in [0, 0.1) is 0 Å². The molecule has 0 spiro atoms. The van der Waals surface area contributed by atoms with E-state index in [1.54, 1.807) is 0 Å². The number of rotatable bonds is 63. The monoisotopic (exact) mass is 1130 g/mol. The summed E-state index contributed by atoms with van der Waals surface area (Å²) in [5.41, 5.74) is 5.77. The zero-order chi connectivity index (χ0) is 58.2. The van der Waals surface area contributed by atoms with Gasteiger partial charge in [-0.25, -0.2) is 4.99 Å². The van der Waals surface area contributed by atoms with Gasteiger partial charge in [-0.1, -0.05) is 376 Å². The molecule has 0 saturated carbocycles. The van der Waals surface area contributed by atoms with Crippen LogP contribution in [0.15, 0.2) is 95.0 Å². The summed E-state index contributed by atoms with van der Waals surface area (Å²) in [7, 11) is 0. The third kappa shape index (κ3) is 50.3. The molecule has 2 heteroatoms. The molecular formula is C80H138N2. The molecule has 468 valence electrons. The Labute approximate surface area is 513 Å². The molecule has 2 rings (SSSR count). The fourth-order valence-electron chi connectivity index (χ4n) is 12.0. The van der Waals surface area contributed by atoms with Gasteiger partial charge in [-0.05, 0) is 106 Å². The molecule has 2 aromatic rings. The minimum absolute atomic E-state index is 0.941. The second kappa shape index (κ2) is 62.5. The molecule has 0 fully saturated rings. The molecule has 0 aliphatic rings. The Morgan fingerprint density at radius 3 is 0.841 bits per heavy atom. The Kier molecular flexibility index (Phi) is 57.3. The molecule has 0 bridgehead atoms. The number of unbranched alkanes of at least 4 members (excludes halogenated alkanes) is 50. The first-order valence-electron chi connectivity index (χ1n) is 37.0. The van der Waals surface area contributed by atoms with Crippen LogP contribution in [0.2, 0.25) is 0 Å². The number of allylic oxidation sites excluding steroid dienone is 6. The average Bonchev–Trinajstić information content (AvgIpc) is 3.59. The van der Waals surface area contributed by atoms with E-state index in [1.807, 2.05) is 6.21 Å². The standard InChI is InChI=1S/C80H138N2/c1-4-7-10-13-16-18-20-22-24-26-28-30-32-34-36-38-40-42-44-46-48-50-52-54-56-58-61-68-76-70-64-66-73-79(76)81-75-78(72-63-60-15-12-9-6-3)82-80-74-67-65-71-77(80)69-62-59-57-55-53-51-49-47-45-43-41-39-37-35-33-31-29-27-25-23-21-19-17-14-11-8-5-2/h54-57,63-67,70-75H,4-53,58-62,68-69H2,1-3H3. The van der Waals surface area contributed by atoms with Gasteiger partial charge in [-0.2, -0.15) is 0 Å². The van der Waals surface area contributed by atoms with E-state index in [2.05, 4.69) is 106 Å². The van der Waals surface area contributed by atoms with Crippen LogP contribution in [0.1, 0.15) is 385 Å². The van der Waals surface area contributed by atoms with Crippen LogP contribution < -0.4 is 0 Å². The minimum atomic E-state index is 0.941. The van der Waals surface area contributed by atoms with Crippen molar-refractivity contribution in [1.29, 1.82) is 0 Å². The Morgan fingerprint density at radius 2 is 0.512 bits per heavy atom. The lowest BCUT2D eigenvalue weighted by Crippen LogP contribution is -1.97. The Hall–Kier alpha value is -3.00. The van der Waals surface area contributed by atoms with Gasteiger partial charge in [-0.3, -0.25) is 4.99 Å². The maximum Gasteiger partial charge on any atom is 0.0816 e. The molecule has 82 heavy (non-hydrogen) atoms. The lowest BCUT2D eigenvalue weighted by Gasteiger charge is -2.07. The van der Waals surface area contributed by atoms with Gasteiger partial charge >= 0.3 is 0 Å². The van der Waals surface area contributed by atoms with Crippen molar-refractivity contribution in [1.82, 2.24) is 0 Å². The quantitative estimate of drug-likeness (QED) is 0.0358. The van der Waals surface area contributed by atoms with E-state index in [9.17, 15) is 0 Å². The molecule has 0 unspecified atom stereocenters. The molecule has 0 amide bonds. The molecule has 0 heterocycles. The summed E-state index contributed by atoms with van der Waals surface area (Å²) >= 11 is 0. The second-order valence-electron chi connectivity index (χ2n) is 25.5. The van der Waals surface area contributed by atoms with E-state index in [0.717, 1.165) is 62.0 Å². The van der Waals surface area contributed by atoms with Crippen molar-refractivity contribution in [3.8, 4) is 0 Å². The number of aliphatic imine (C=N–C) groups is 2. The van der Waals surface area contributed by atoms with Gasteiger partial charge in [0.2, 0.25) is 0 Å². The predicted molar refractivity (Wildman–Crippen MR) is 374 cm³/mol. The first-order valence-corrected chi connectivity index (χ1v) is 37.0.